The van der Waals surface area contributed by atoms with Crippen molar-refractivity contribution in [3.05, 3.63) is 24.2 Å². The highest BCUT2D eigenvalue weighted by Gasteiger charge is 2.18. The third kappa shape index (κ3) is 1.20. The van der Waals surface area contributed by atoms with Crippen LogP contribution < -0.4 is 0 Å². The monoisotopic (exact) mass is 198 g/mol. The fraction of sp³-hybridized carbons (Fsp3) is 0.100. The molecule has 0 atom stereocenters. The predicted octanol–water partition coefficient (Wildman–Crippen LogP) is 1.31. The lowest BCUT2D eigenvalue weighted by Crippen LogP contribution is -2.08. The molecule has 0 bridgehead atoms. The number of pyridine rings is 1. The minimum atomic E-state index is -0.0359. The summed E-state index contributed by atoms with van der Waals surface area (Å²) in [4.78, 5) is 28.0. The van der Waals surface area contributed by atoms with Crippen molar-refractivity contribution in [2.75, 3.05) is 0 Å². The Morgan fingerprint density at radius 3 is 3.07 bits per heavy atom. The average molecular weight is 198 g/mol. The fourth-order valence-corrected chi connectivity index (χ4v) is 1.49. The molecule has 5 nitrogen and oxygen atoms in total. The Hall–Kier alpha value is -2.17. The molecule has 5 heteroatoms. The van der Waals surface area contributed by atoms with Crippen LogP contribution in [0.25, 0.3) is 11.0 Å². The van der Waals surface area contributed by atoms with Gasteiger partial charge in [0.05, 0.1) is 11.7 Å². The van der Waals surface area contributed by atoms with E-state index in [1.807, 2.05) is 0 Å². The van der Waals surface area contributed by atoms with E-state index in [9.17, 15) is 4.79 Å². The number of rotatable bonds is 0. The molecule has 1 aliphatic rings. The van der Waals surface area contributed by atoms with Gasteiger partial charge in [-0.15, -0.1) is 0 Å². The van der Waals surface area contributed by atoms with Crippen LogP contribution in [-0.4, -0.2) is 26.9 Å². The van der Waals surface area contributed by atoms with Gasteiger partial charge in [0.15, 0.2) is 17.3 Å². The van der Waals surface area contributed by atoms with E-state index < -0.39 is 0 Å². The highest BCUT2D eigenvalue weighted by Crippen LogP contribution is 2.22. The lowest BCUT2D eigenvalue weighted by Gasteiger charge is -2.07. The zero-order valence-electron chi connectivity index (χ0n) is 7.71. The van der Waals surface area contributed by atoms with Crippen molar-refractivity contribution in [3.8, 4) is 0 Å². The number of Topliss-reactive ketones (excluding diaryl/α,β-unsaturated/α-hetero) is 1. The van der Waals surface area contributed by atoms with Crippen LogP contribution in [0.1, 0.15) is 16.9 Å². The van der Waals surface area contributed by atoms with Gasteiger partial charge in [-0.2, -0.15) is 0 Å². The summed E-state index contributed by atoms with van der Waals surface area (Å²) in [5.74, 6) is 0.359. The van der Waals surface area contributed by atoms with Crippen molar-refractivity contribution in [2.24, 2.45) is 4.99 Å². The number of nitrogens with zero attached hydrogens (tertiary/aromatic N) is 4. The van der Waals surface area contributed by atoms with Crippen LogP contribution in [-0.2, 0) is 0 Å². The van der Waals surface area contributed by atoms with Crippen LogP contribution in [0.4, 0.5) is 5.82 Å². The minimum Gasteiger partial charge on any atom is -0.292 e. The molecule has 0 spiro atoms. The van der Waals surface area contributed by atoms with Gasteiger partial charge < -0.3 is 0 Å². The minimum absolute atomic E-state index is 0.0359. The van der Waals surface area contributed by atoms with Crippen LogP contribution >= 0.6 is 0 Å². The average Bonchev–Trinajstić information content (AvgIpc) is 2.27. The van der Waals surface area contributed by atoms with E-state index in [0.29, 0.717) is 29.0 Å². The zero-order valence-corrected chi connectivity index (χ0v) is 7.71. The molecule has 3 rings (SSSR count). The summed E-state index contributed by atoms with van der Waals surface area (Å²) in [5, 5.41) is 0. The third-order valence-electron chi connectivity index (χ3n) is 2.20. The third-order valence-corrected chi connectivity index (χ3v) is 2.20. The van der Waals surface area contributed by atoms with Crippen LogP contribution in [0.2, 0.25) is 0 Å². The highest BCUT2D eigenvalue weighted by molar-refractivity contribution is 6.08. The summed E-state index contributed by atoms with van der Waals surface area (Å²) in [6.45, 7) is 0. The molecule has 0 N–H and O–H groups in total. The van der Waals surface area contributed by atoms with Gasteiger partial charge in [-0.05, 0) is 6.07 Å². The second-order valence-electron chi connectivity index (χ2n) is 3.20. The van der Waals surface area contributed by atoms with Gasteiger partial charge in [0.1, 0.15) is 5.52 Å². The van der Waals surface area contributed by atoms with Gasteiger partial charge in [-0.3, -0.25) is 9.78 Å². The van der Waals surface area contributed by atoms with E-state index in [1.165, 1.54) is 0 Å². The van der Waals surface area contributed by atoms with Gasteiger partial charge in [0.25, 0.3) is 0 Å². The Kier molecular flexibility index (Phi) is 1.58. The van der Waals surface area contributed by atoms with Crippen molar-refractivity contribution in [1.29, 1.82) is 0 Å². The Bertz CT molecular complexity index is 591. The molecule has 0 fully saturated rings. The molecule has 0 saturated heterocycles. The molecule has 2 aromatic rings. The molecule has 0 saturated carbocycles. The molecule has 1 aliphatic heterocycles. The first kappa shape index (κ1) is 8.16. The predicted molar refractivity (Wildman–Crippen MR) is 54.4 cm³/mol. The van der Waals surface area contributed by atoms with E-state index in [0.717, 1.165) is 0 Å². The van der Waals surface area contributed by atoms with Gasteiger partial charge >= 0.3 is 0 Å². The molecule has 0 aromatic carbocycles. The van der Waals surface area contributed by atoms with E-state index in [-0.39, 0.29) is 5.78 Å². The van der Waals surface area contributed by atoms with E-state index in [4.69, 9.17) is 0 Å². The Labute approximate surface area is 84.9 Å². The van der Waals surface area contributed by atoms with E-state index in [2.05, 4.69) is 19.9 Å². The molecule has 3 heterocycles. The lowest BCUT2D eigenvalue weighted by molar-refractivity contribution is 0.0996. The largest absolute Gasteiger partial charge is 0.292 e. The van der Waals surface area contributed by atoms with Crippen LogP contribution in [0.5, 0.6) is 0 Å². The summed E-state index contributed by atoms with van der Waals surface area (Å²) in [7, 11) is 0. The number of carbonyl (C=O) groups is 1. The first-order valence-corrected chi connectivity index (χ1v) is 4.52. The summed E-state index contributed by atoms with van der Waals surface area (Å²) >= 11 is 0. The van der Waals surface area contributed by atoms with Gasteiger partial charge in [0, 0.05) is 18.8 Å². The smallest absolute Gasteiger partial charge is 0.190 e. The Morgan fingerprint density at radius 1 is 1.20 bits per heavy atom. The van der Waals surface area contributed by atoms with Crippen LogP contribution in [0, 0.1) is 0 Å². The summed E-state index contributed by atoms with van der Waals surface area (Å²) in [6, 6.07) is 1.73. The Balaban J connectivity index is 2.38. The molecule has 15 heavy (non-hydrogen) atoms. The molecular formula is C10H6N4O. The normalized spacial score (nSPS) is 14.3. The van der Waals surface area contributed by atoms with E-state index >= 15 is 0 Å². The van der Waals surface area contributed by atoms with Crippen molar-refractivity contribution in [2.45, 2.75) is 6.42 Å². The van der Waals surface area contributed by atoms with E-state index in [1.54, 1.807) is 24.7 Å². The number of aliphatic imine (C=N–C) groups is 1. The zero-order chi connectivity index (χ0) is 10.3. The number of hydrogen-bond donors (Lipinski definition) is 0. The summed E-state index contributed by atoms with van der Waals surface area (Å²) in [6.07, 6.45) is 5.09. The van der Waals surface area contributed by atoms with Gasteiger partial charge in [-0.1, -0.05) is 0 Å². The fourth-order valence-electron chi connectivity index (χ4n) is 1.49. The van der Waals surface area contributed by atoms with Crippen molar-refractivity contribution >= 4 is 28.8 Å². The quantitative estimate of drug-likeness (QED) is 0.640. The molecule has 0 unspecified atom stereocenters. The van der Waals surface area contributed by atoms with Gasteiger partial charge in [0.2, 0.25) is 0 Å². The SMILES string of the molecule is O=C1CC=Nc2nc3cnccc3nc21. The second kappa shape index (κ2) is 2.91. The van der Waals surface area contributed by atoms with Gasteiger partial charge in [-0.25, -0.2) is 15.0 Å². The summed E-state index contributed by atoms with van der Waals surface area (Å²) < 4.78 is 0. The number of hydrogen-bond acceptors (Lipinski definition) is 5. The molecule has 2 aromatic heterocycles. The van der Waals surface area contributed by atoms with Crippen LogP contribution in [0.3, 0.4) is 0 Å². The first-order chi connectivity index (χ1) is 7.34. The molecule has 0 aliphatic carbocycles. The number of aromatic nitrogens is 3. The maximum atomic E-state index is 11.5. The highest BCUT2D eigenvalue weighted by atomic mass is 16.1. The summed E-state index contributed by atoms with van der Waals surface area (Å²) in [5.41, 5.74) is 1.69. The number of carbonyl (C=O) groups excluding carboxylic acids is 1. The van der Waals surface area contributed by atoms with Crippen molar-refractivity contribution in [3.63, 3.8) is 0 Å². The standard InChI is InChI=1S/C10H6N4O/c15-8-2-4-12-10-9(8)13-6-1-3-11-5-7(6)14-10/h1,3-5H,2H2. The van der Waals surface area contributed by atoms with Crippen molar-refractivity contribution in [1.82, 2.24) is 15.0 Å². The molecule has 72 valence electrons. The molecule has 0 radical (unpaired) electrons. The number of fused-ring (bicyclic) bond motifs is 2. The first-order valence-electron chi connectivity index (χ1n) is 4.52. The van der Waals surface area contributed by atoms with Crippen LogP contribution in [0.15, 0.2) is 23.5 Å². The second-order valence-corrected chi connectivity index (χ2v) is 3.20. The molecular weight excluding hydrogens is 192 g/mol. The Morgan fingerprint density at radius 2 is 2.13 bits per heavy atom. The lowest BCUT2D eigenvalue weighted by atomic mass is 10.2. The maximum Gasteiger partial charge on any atom is 0.190 e. The number of ketones is 1. The van der Waals surface area contributed by atoms with Crippen molar-refractivity contribution < 1.29 is 4.79 Å². The maximum absolute atomic E-state index is 11.5. The topological polar surface area (TPSA) is 68.1 Å². The molecule has 0 amide bonds.